The quantitative estimate of drug-likeness (QED) is 0.732. The van der Waals surface area contributed by atoms with Crippen LogP contribution in [0.5, 0.6) is 0 Å². The monoisotopic (exact) mass is 285 g/mol. The number of benzene rings is 2. The number of aryl methyl sites for hydroxylation is 1. The highest BCUT2D eigenvalue weighted by atomic mass is 32.1. The highest BCUT2D eigenvalue weighted by Crippen LogP contribution is 2.28. The summed E-state index contributed by atoms with van der Waals surface area (Å²) >= 11 is 1.29. The van der Waals surface area contributed by atoms with Crippen molar-refractivity contribution in [3.8, 4) is 0 Å². The number of nitrogens with one attached hydrogen (secondary N) is 1. The maximum absolute atomic E-state index is 13.6. The van der Waals surface area contributed by atoms with E-state index in [0.29, 0.717) is 10.3 Å². The number of hydrogen-bond acceptors (Lipinski definition) is 2. The Balaban J connectivity index is 1.89. The summed E-state index contributed by atoms with van der Waals surface area (Å²) in [5.41, 5.74) is 1.87. The summed E-state index contributed by atoms with van der Waals surface area (Å²) in [4.78, 5) is 12.7. The van der Waals surface area contributed by atoms with E-state index >= 15 is 0 Å². The van der Waals surface area contributed by atoms with E-state index in [-0.39, 0.29) is 11.7 Å². The van der Waals surface area contributed by atoms with Gasteiger partial charge in [-0.05, 0) is 37.3 Å². The Kier molecular flexibility index (Phi) is 3.24. The molecule has 0 bridgehead atoms. The fourth-order valence-electron chi connectivity index (χ4n) is 1.97. The predicted octanol–water partition coefficient (Wildman–Crippen LogP) is 4.60. The predicted molar refractivity (Wildman–Crippen MR) is 80.9 cm³/mol. The van der Waals surface area contributed by atoms with Crippen molar-refractivity contribution in [3.63, 3.8) is 0 Å². The molecule has 0 saturated heterocycles. The number of thiophene rings is 1. The van der Waals surface area contributed by atoms with Crippen molar-refractivity contribution in [1.82, 2.24) is 0 Å². The van der Waals surface area contributed by atoms with Crippen LogP contribution < -0.4 is 5.32 Å². The first kappa shape index (κ1) is 12.8. The number of carbonyl (C=O) groups excluding carboxylic acids is 1. The van der Waals surface area contributed by atoms with Crippen LogP contribution in [-0.2, 0) is 0 Å². The molecule has 0 spiro atoms. The molecule has 1 heterocycles. The minimum Gasteiger partial charge on any atom is -0.321 e. The third-order valence-electron chi connectivity index (χ3n) is 3.04. The Labute approximate surface area is 119 Å². The maximum Gasteiger partial charge on any atom is 0.265 e. The molecule has 0 unspecified atom stereocenters. The van der Waals surface area contributed by atoms with Crippen molar-refractivity contribution in [2.45, 2.75) is 6.92 Å². The van der Waals surface area contributed by atoms with Crippen LogP contribution in [0.2, 0.25) is 0 Å². The molecule has 3 rings (SSSR count). The largest absolute Gasteiger partial charge is 0.321 e. The number of rotatable bonds is 2. The van der Waals surface area contributed by atoms with Gasteiger partial charge in [-0.15, -0.1) is 11.3 Å². The fourth-order valence-corrected chi connectivity index (χ4v) is 2.94. The second kappa shape index (κ2) is 5.06. The minimum atomic E-state index is -0.298. The summed E-state index contributed by atoms with van der Waals surface area (Å²) in [6.45, 7) is 1.99. The van der Waals surface area contributed by atoms with Crippen molar-refractivity contribution in [2.24, 2.45) is 0 Å². The SMILES string of the molecule is Cc1ccc(NC(=O)c2cc3c(F)cccc3s2)cc1. The molecule has 2 nitrogen and oxygen atoms in total. The van der Waals surface area contributed by atoms with E-state index in [4.69, 9.17) is 0 Å². The number of anilines is 1. The molecule has 2 aromatic carbocycles. The number of fused-ring (bicyclic) bond motifs is 1. The van der Waals surface area contributed by atoms with Gasteiger partial charge in [0.1, 0.15) is 5.82 Å². The summed E-state index contributed by atoms with van der Waals surface area (Å²) in [5.74, 6) is -0.511. The molecule has 100 valence electrons. The Hall–Kier alpha value is -2.20. The molecule has 3 aromatic rings. The summed E-state index contributed by atoms with van der Waals surface area (Å²) < 4.78 is 14.4. The number of hydrogen-bond donors (Lipinski definition) is 1. The molecule has 0 fully saturated rings. The average Bonchev–Trinajstić information content (AvgIpc) is 2.87. The number of amides is 1. The molecule has 1 N–H and O–H groups in total. The van der Waals surface area contributed by atoms with Crippen LogP contribution in [0.3, 0.4) is 0 Å². The molecule has 20 heavy (non-hydrogen) atoms. The van der Waals surface area contributed by atoms with Gasteiger partial charge in [-0.25, -0.2) is 4.39 Å². The molecule has 0 atom stereocenters. The zero-order valence-electron chi connectivity index (χ0n) is 10.8. The summed E-state index contributed by atoms with van der Waals surface area (Å²) in [6, 6.07) is 14.0. The lowest BCUT2D eigenvalue weighted by atomic mass is 10.2. The first-order valence-corrected chi connectivity index (χ1v) is 7.01. The third kappa shape index (κ3) is 2.42. The van der Waals surface area contributed by atoms with E-state index in [9.17, 15) is 9.18 Å². The average molecular weight is 285 g/mol. The number of carbonyl (C=O) groups is 1. The minimum absolute atomic E-state index is 0.213. The molecule has 0 aliphatic heterocycles. The van der Waals surface area contributed by atoms with Gasteiger partial charge in [0.15, 0.2) is 0 Å². The lowest BCUT2D eigenvalue weighted by Crippen LogP contribution is -2.09. The summed E-state index contributed by atoms with van der Waals surface area (Å²) in [6.07, 6.45) is 0. The van der Waals surface area contributed by atoms with E-state index in [1.54, 1.807) is 12.1 Å². The van der Waals surface area contributed by atoms with Gasteiger partial charge in [0.2, 0.25) is 0 Å². The van der Waals surface area contributed by atoms with Crippen LogP contribution in [0.1, 0.15) is 15.2 Å². The van der Waals surface area contributed by atoms with Crippen LogP contribution in [0.4, 0.5) is 10.1 Å². The third-order valence-corrected chi connectivity index (χ3v) is 4.14. The van der Waals surface area contributed by atoms with Crippen molar-refractivity contribution in [3.05, 3.63) is 64.8 Å². The Morgan fingerprint density at radius 1 is 1.15 bits per heavy atom. The normalized spacial score (nSPS) is 10.7. The molecular formula is C16H12FNOS. The van der Waals surface area contributed by atoms with E-state index in [1.165, 1.54) is 17.4 Å². The van der Waals surface area contributed by atoms with Crippen LogP contribution in [0, 0.1) is 12.7 Å². The lowest BCUT2D eigenvalue weighted by molar-refractivity contribution is 0.103. The van der Waals surface area contributed by atoms with Gasteiger partial charge in [0.25, 0.3) is 5.91 Å². The first-order valence-electron chi connectivity index (χ1n) is 6.19. The van der Waals surface area contributed by atoms with Gasteiger partial charge < -0.3 is 5.32 Å². The van der Waals surface area contributed by atoms with E-state index in [0.717, 1.165) is 16.0 Å². The summed E-state index contributed by atoms with van der Waals surface area (Å²) in [5, 5.41) is 3.31. The smallest absolute Gasteiger partial charge is 0.265 e. The standard InChI is InChI=1S/C16H12FNOS/c1-10-5-7-11(8-6-10)18-16(19)15-9-12-13(17)3-2-4-14(12)20-15/h2-9H,1H3,(H,18,19). The first-order chi connectivity index (χ1) is 9.63. The highest BCUT2D eigenvalue weighted by molar-refractivity contribution is 7.20. The molecule has 0 radical (unpaired) electrons. The molecule has 0 aliphatic carbocycles. The van der Waals surface area contributed by atoms with E-state index < -0.39 is 0 Å². The molecule has 0 saturated carbocycles. The van der Waals surface area contributed by atoms with Gasteiger partial charge in [0.05, 0.1) is 4.88 Å². The van der Waals surface area contributed by atoms with E-state index in [2.05, 4.69) is 5.32 Å². The Morgan fingerprint density at radius 2 is 1.90 bits per heavy atom. The number of halogens is 1. The van der Waals surface area contributed by atoms with Gasteiger partial charge >= 0.3 is 0 Å². The molecular weight excluding hydrogens is 273 g/mol. The van der Waals surface area contributed by atoms with Crippen LogP contribution in [0.15, 0.2) is 48.5 Å². The fraction of sp³-hybridized carbons (Fsp3) is 0.0625. The zero-order chi connectivity index (χ0) is 14.1. The molecule has 0 aliphatic rings. The van der Waals surface area contributed by atoms with Crippen LogP contribution in [0.25, 0.3) is 10.1 Å². The van der Waals surface area contributed by atoms with Gasteiger partial charge in [-0.1, -0.05) is 23.8 Å². The topological polar surface area (TPSA) is 29.1 Å². The second-order valence-electron chi connectivity index (χ2n) is 4.58. The molecule has 1 aromatic heterocycles. The van der Waals surface area contributed by atoms with Gasteiger partial charge in [0, 0.05) is 15.8 Å². The van der Waals surface area contributed by atoms with Crippen LogP contribution >= 0.6 is 11.3 Å². The Bertz CT molecular complexity index is 777. The van der Waals surface area contributed by atoms with Crippen LogP contribution in [-0.4, -0.2) is 5.91 Å². The van der Waals surface area contributed by atoms with E-state index in [1.807, 2.05) is 37.3 Å². The van der Waals surface area contributed by atoms with Crippen molar-refractivity contribution >= 4 is 33.0 Å². The van der Waals surface area contributed by atoms with Crippen molar-refractivity contribution in [1.29, 1.82) is 0 Å². The summed E-state index contributed by atoms with van der Waals surface area (Å²) in [7, 11) is 0. The van der Waals surface area contributed by atoms with Crippen molar-refractivity contribution < 1.29 is 9.18 Å². The molecule has 4 heteroatoms. The molecule has 1 amide bonds. The van der Waals surface area contributed by atoms with Crippen molar-refractivity contribution in [2.75, 3.05) is 5.32 Å². The zero-order valence-corrected chi connectivity index (χ0v) is 11.6. The Morgan fingerprint density at radius 3 is 2.60 bits per heavy atom. The highest BCUT2D eigenvalue weighted by Gasteiger charge is 2.12. The van der Waals surface area contributed by atoms with Gasteiger partial charge in [-0.2, -0.15) is 0 Å². The van der Waals surface area contributed by atoms with Gasteiger partial charge in [-0.3, -0.25) is 4.79 Å². The lowest BCUT2D eigenvalue weighted by Gasteiger charge is -2.03. The second-order valence-corrected chi connectivity index (χ2v) is 5.67. The maximum atomic E-state index is 13.6.